The van der Waals surface area contributed by atoms with Crippen LogP contribution >= 0.6 is 0 Å². The zero-order chi connectivity index (χ0) is 17.4. The number of nitrogens with zero attached hydrogens (tertiary/aromatic N) is 1. The maximum atomic E-state index is 5.94. The summed E-state index contributed by atoms with van der Waals surface area (Å²) >= 11 is 0. The fourth-order valence-electron chi connectivity index (χ4n) is 3.13. The van der Waals surface area contributed by atoms with Gasteiger partial charge in [-0.15, -0.1) is 0 Å². The second-order valence-corrected chi connectivity index (χ2v) is 10.3. The molecule has 0 heterocycles. The van der Waals surface area contributed by atoms with Gasteiger partial charge in [0.2, 0.25) is 0 Å². The van der Waals surface area contributed by atoms with Crippen LogP contribution in [-0.4, -0.2) is 51.1 Å². The summed E-state index contributed by atoms with van der Waals surface area (Å²) in [6.07, 6.45) is 1.03. The molecule has 0 spiro atoms. The van der Waals surface area contributed by atoms with E-state index in [4.69, 9.17) is 13.3 Å². The number of rotatable bonds is 10. The lowest BCUT2D eigenvalue weighted by molar-refractivity contribution is 0.0332. The van der Waals surface area contributed by atoms with Gasteiger partial charge >= 0.3 is 8.80 Å². The van der Waals surface area contributed by atoms with Gasteiger partial charge in [-0.25, -0.2) is 0 Å². The molecule has 0 radical (unpaired) electrons. The van der Waals surface area contributed by atoms with E-state index in [2.05, 4.69) is 46.4 Å². The maximum Gasteiger partial charge on any atom is 0.500 e. The third-order valence-electron chi connectivity index (χ3n) is 3.58. The first-order valence-electron chi connectivity index (χ1n) is 8.72. The van der Waals surface area contributed by atoms with Crippen molar-refractivity contribution in [3.63, 3.8) is 0 Å². The van der Waals surface area contributed by atoms with Crippen molar-refractivity contribution in [2.45, 2.75) is 85.9 Å². The van der Waals surface area contributed by atoms with E-state index in [0.29, 0.717) is 19.8 Å². The van der Waals surface area contributed by atoms with E-state index in [9.17, 15) is 0 Å². The van der Waals surface area contributed by atoms with Crippen molar-refractivity contribution in [3.05, 3.63) is 0 Å². The molecule has 0 N–H and O–H groups in total. The SMILES string of the molecule is CCO[Si](CCCN(C(C)(C)C)C(C)(C)C)(OCC)OCC. The summed E-state index contributed by atoms with van der Waals surface area (Å²) in [4.78, 5) is 2.54. The first kappa shape index (κ1) is 22.1. The van der Waals surface area contributed by atoms with Crippen LogP contribution in [0, 0.1) is 0 Å². The fourth-order valence-corrected chi connectivity index (χ4v) is 5.73. The van der Waals surface area contributed by atoms with Crippen molar-refractivity contribution in [3.8, 4) is 0 Å². The Balaban J connectivity index is 4.83. The average Bonchev–Trinajstić information content (AvgIpc) is 2.32. The highest BCUT2D eigenvalue weighted by molar-refractivity contribution is 6.60. The molecule has 22 heavy (non-hydrogen) atoms. The zero-order valence-electron chi connectivity index (χ0n) is 16.4. The van der Waals surface area contributed by atoms with Gasteiger partial charge < -0.3 is 13.3 Å². The Hall–Kier alpha value is 0.0569. The van der Waals surface area contributed by atoms with Crippen LogP contribution in [-0.2, 0) is 13.3 Å². The van der Waals surface area contributed by atoms with E-state index in [1.54, 1.807) is 0 Å². The standard InChI is InChI=1S/C17H39NO3Si/c1-10-19-22(20-11-2,21-12-3)15-13-14-18(16(4,5)6)17(7,8)9/h10-15H2,1-9H3. The lowest BCUT2D eigenvalue weighted by Gasteiger charge is -2.45. The van der Waals surface area contributed by atoms with Gasteiger partial charge in [-0.1, -0.05) is 0 Å². The van der Waals surface area contributed by atoms with Gasteiger partial charge in [0.25, 0.3) is 0 Å². The molecular weight excluding hydrogens is 294 g/mol. The van der Waals surface area contributed by atoms with E-state index in [1.165, 1.54) is 0 Å². The van der Waals surface area contributed by atoms with Crippen LogP contribution in [0.3, 0.4) is 0 Å². The molecule has 0 aromatic heterocycles. The molecule has 0 rings (SSSR count). The first-order chi connectivity index (χ1) is 10.0. The second kappa shape index (κ2) is 9.38. The van der Waals surface area contributed by atoms with Gasteiger partial charge in [0.05, 0.1) is 0 Å². The molecule has 0 aliphatic carbocycles. The normalized spacial score (nSPS) is 13.9. The molecule has 0 amide bonds. The van der Waals surface area contributed by atoms with Crippen molar-refractivity contribution in [2.24, 2.45) is 0 Å². The predicted octanol–water partition coefficient (Wildman–Crippen LogP) is 4.32. The van der Waals surface area contributed by atoms with Crippen molar-refractivity contribution in [1.82, 2.24) is 4.90 Å². The van der Waals surface area contributed by atoms with Crippen LogP contribution in [0.2, 0.25) is 6.04 Å². The van der Waals surface area contributed by atoms with Crippen LogP contribution in [0.1, 0.15) is 68.7 Å². The largest absolute Gasteiger partial charge is 0.500 e. The van der Waals surface area contributed by atoms with E-state index in [1.807, 2.05) is 20.8 Å². The number of hydrogen-bond donors (Lipinski definition) is 0. The zero-order valence-corrected chi connectivity index (χ0v) is 17.4. The van der Waals surface area contributed by atoms with E-state index in [-0.39, 0.29) is 11.1 Å². The van der Waals surface area contributed by atoms with Crippen LogP contribution in [0.4, 0.5) is 0 Å². The van der Waals surface area contributed by atoms with Gasteiger partial charge in [-0.3, -0.25) is 4.90 Å². The van der Waals surface area contributed by atoms with E-state index in [0.717, 1.165) is 19.0 Å². The van der Waals surface area contributed by atoms with Gasteiger partial charge in [-0.2, -0.15) is 0 Å². The summed E-state index contributed by atoms with van der Waals surface area (Å²) < 4.78 is 17.8. The molecule has 134 valence electrons. The Kier molecular flexibility index (Phi) is 9.40. The Morgan fingerprint density at radius 1 is 0.727 bits per heavy atom. The molecule has 4 nitrogen and oxygen atoms in total. The third kappa shape index (κ3) is 7.55. The summed E-state index contributed by atoms with van der Waals surface area (Å²) in [7, 11) is -2.51. The maximum absolute atomic E-state index is 5.94. The van der Waals surface area contributed by atoms with Crippen LogP contribution in [0.5, 0.6) is 0 Å². The van der Waals surface area contributed by atoms with Crippen molar-refractivity contribution in [2.75, 3.05) is 26.4 Å². The van der Waals surface area contributed by atoms with E-state index < -0.39 is 8.80 Å². The van der Waals surface area contributed by atoms with Gasteiger partial charge in [0.1, 0.15) is 0 Å². The average molecular weight is 334 g/mol. The van der Waals surface area contributed by atoms with Gasteiger partial charge in [0.15, 0.2) is 0 Å². The molecule has 0 saturated carbocycles. The highest BCUT2D eigenvalue weighted by atomic mass is 28.4. The van der Waals surface area contributed by atoms with E-state index >= 15 is 0 Å². The molecule has 0 unspecified atom stereocenters. The lowest BCUT2D eigenvalue weighted by Crippen LogP contribution is -2.53. The molecule has 0 aliphatic rings. The monoisotopic (exact) mass is 333 g/mol. The molecule has 0 bridgehead atoms. The third-order valence-corrected chi connectivity index (χ3v) is 6.73. The van der Waals surface area contributed by atoms with Crippen LogP contribution < -0.4 is 0 Å². The highest BCUT2D eigenvalue weighted by Crippen LogP contribution is 2.27. The number of hydrogen-bond acceptors (Lipinski definition) is 4. The van der Waals surface area contributed by atoms with Crippen molar-refractivity contribution < 1.29 is 13.3 Å². The molecule has 0 atom stereocenters. The van der Waals surface area contributed by atoms with Crippen LogP contribution in [0.25, 0.3) is 0 Å². The molecule has 0 saturated heterocycles. The summed E-state index contributed by atoms with van der Waals surface area (Å²) in [5.41, 5.74) is 0.288. The van der Waals surface area contributed by atoms with Crippen LogP contribution in [0.15, 0.2) is 0 Å². The Bertz CT molecular complexity index is 266. The topological polar surface area (TPSA) is 30.9 Å². The summed E-state index contributed by atoms with van der Waals surface area (Å²) in [6.45, 7) is 22.6. The molecule has 0 aromatic carbocycles. The van der Waals surface area contributed by atoms with Gasteiger partial charge in [-0.05, 0) is 75.3 Å². The molecule has 5 heteroatoms. The molecule has 0 aromatic rings. The summed E-state index contributed by atoms with van der Waals surface area (Å²) in [5.74, 6) is 0. The quantitative estimate of drug-likeness (QED) is 0.557. The van der Waals surface area contributed by atoms with Crippen molar-refractivity contribution in [1.29, 1.82) is 0 Å². The molecular formula is C17H39NO3Si. The summed E-state index contributed by atoms with van der Waals surface area (Å²) in [6, 6.07) is 0.880. The Morgan fingerprint density at radius 2 is 1.09 bits per heavy atom. The fraction of sp³-hybridized carbons (Fsp3) is 1.00. The smallest absolute Gasteiger partial charge is 0.374 e. The Morgan fingerprint density at radius 3 is 1.36 bits per heavy atom. The first-order valence-corrected chi connectivity index (χ1v) is 10.6. The summed E-state index contributed by atoms with van der Waals surface area (Å²) in [5, 5.41) is 0. The second-order valence-electron chi connectivity index (χ2n) is 7.58. The van der Waals surface area contributed by atoms with Crippen molar-refractivity contribution >= 4 is 8.80 Å². The lowest BCUT2D eigenvalue weighted by atomic mass is 9.96. The minimum atomic E-state index is -2.51. The molecule has 0 fully saturated rings. The van der Waals surface area contributed by atoms with Gasteiger partial charge in [0, 0.05) is 36.9 Å². The minimum Gasteiger partial charge on any atom is -0.374 e. The minimum absolute atomic E-state index is 0.144. The highest BCUT2D eigenvalue weighted by Gasteiger charge is 2.40. The molecule has 0 aliphatic heterocycles. The Labute approximate surface area is 139 Å². The predicted molar refractivity (Wildman–Crippen MR) is 96.3 cm³/mol.